The van der Waals surface area contributed by atoms with Gasteiger partial charge in [-0.3, -0.25) is 9.59 Å². The number of hydrogen-bond donors (Lipinski definition) is 0. The molecule has 2 heterocycles. The van der Waals surface area contributed by atoms with E-state index < -0.39 is 5.97 Å². The summed E-state index contributed by atoms with van der Waals surface area (Å²) < 4.78 is 18.9. The molecule has 36 heavy (non-hydrogen) atoms. The molecular formula is C27H20IN3O5. The van der Waals surface area contributed by atoms with Crippen LogP contribution in [0.4, 0.5) is 0 Å². The molecule has 9 heteroatoms. The van der Waals surface area contributed by atoms with Gasteiger partial charge in [0.1, 0.15) is 5.58 Å². The fourth-order valence-corrected chi connectivity index (χ4v) is 4.51. The molecule has 2 aromatic heterocycles. The van der Waals surface area contributed by atoms with Crippen LogP contribution in [0.5, 0.6) is 11.5 Å². The van der Waals surface area contributed by atoms with E-state index in [1.54, 1.807) is 30.3 Å². The molecule has 8 nitrogen and oxygen atoms in total. The van der Waals surface area contributed by atoms with Gasteiger partial charge < -0.3 is 13.9 Å². The Balaban J connectivity index is 1.66. The summed E-state index contributed by atoms with van der Waals surface area (Å²) in [5.41, 5.74) is 1.55. The first-order valence-corrected chi connectivity index (χ1v) is 12.2. The van der Waals surface area contributed by atoms with Gasteiger partial charge in [-0.05, 0) is 71.5 Å². The Kier molecular flexibility index (Phi) is 6.55. The lowest BCUT2D eigenvalue weighted by Gasteiger charge is -2.12. The molecule has 0 aliphatic heterocycles. The fraction of sp³-hybridized carbons (Fsp3) is 0.111. The van der Waals surface area contributed by atoms with Gasteiger partial charge in [-0.1, -0.05) is 30.3 Å². The summed E-state index contributed by atoms with van der Waals surface area (Å²) in [5, 5.41) is 5.82. The zero-order valence-corrected chi connectivity index (χ0v) is 21.6. The number of ether oxygens (including phenoxy) is 2. The summed E-state index contributed by atoms with van der Waals surface area (Å²) in [6.45, 7) is 3.56. The summed E-state index contributed by atoms with van der Waals surface area (Å²) in [6, 6.07) is 20.0. The van der Waals surface area contributed by atoms with E-state index in [2.05, 4.69) is 27.7 Å². The highest BCUT2D eigenvalue weighted by Crippen LogP contribution is 2.34. The molecule has 0 amide bonds. The average Bonchev–Trinajstić information content (AvgIpc) is 3.30. The topological polar surface area (TPSA) is 95.9 Å². The molecule has 0 atom stereocenters. The predicted octanol–water partition coefficient (Wildman–Crippen LogP) is 5.62. The van der Waals surface area contributed by atoms with Crippen LogP contribution in [-0.4, -0.2) is 28.5 Å². The predicted molar refractivity (Wildman–Crippen MR) is 146 cm³/mol. The van der Waals surface area contributed by atoms with E-state index in [1.165, 1.54) is 17.8 Å². The molecule has 0 radical (unpaired) electrons. The van der Waals surface area contributed by atoms with Gasteiger partial charge in [0, 0.05) is 12.3 Å². The molecule has 0 spiro atoms. The highest BCUT2D eigenvalue weighted by molar-refractivity contribution is 14.1. The number of aromatic nitrogens is 2. The zero-order chi connectivity index (χ0) is 25.2. The third-order valence-corrected chi connectivity index (χ3v) is 6.10. The van der Waals surface area contributed by atoms with Crippen LogP contribution in [-0.2, 0) is 4.79 Å². The summed E-state index contributed by atoms with van der Waals surface area (Å²) >= 11 is 2.07. The molecule has 0 fully saturated rings. The highest BCUT2D eigenvalue weighted by Gasteiger charge is 2.17. The van der Waals surface area contributed by atoms with Crippen LogP contribution in [0, 0.1) is 3.57 Å². The van der Waals surface area contributed by atoms with E-state index in [9.17, 15) is 9.59 Å². The van der Waals surface area contributed by atoms with Crippen LogP contribution in [0.25, 0.3) is 33.5 Å². The Morgan fingerprint density at radius 1 is 1.14 bits per heavy atom. The minimum Gasteiger partial charge on any atom is -0.490 e. The normalized spacial score (nSPS) is 11.4. The number of esters is 1. The molecule has 0 saturated carbocycles. The first kappa shape index (κ1) is 23.7. The number of nitrogens with zero attached hydrogens (tertiary/aromatic N) is 3. The number of para-hydroxylation sites is 2. The van der Waals surface area contributed by atoms with Crippen molar-refractivity contribution in [2.75, 3.05) is 6.61 Å². The van der Waals surface area contributed by atoms with Gasteiger partial charge >= 0.3 is 5.97 Å². The molecule has 0 N–H and O–H groups in total. The van der Waals surface area contributed by atoms with Crippen molar-refractivity contribution in [1.82, 2.24) is 9.66 Å². The van der Waals surface area contributed by atoms with Crippen LogP contribution >= 0.6 is 22.6 Å². The molecule has 180 valence electrons. The lowest BCUT2D eigenvalue weighted by molar-refractivity contribution is -0.132. The lowest BCUT2D eigenvalue weighted by atomic mass is 10.2. The number of rotatable bonds is 6. The maximum atomic E-state index is 13.5. The van der Waals surface area contributed by atoms with Gasteiger partial charge in [0.25, 0.3) is 5.56 Å². The van der Waals surface area contributed by atoms with Crippen molar-refractivity contribution in [3.63, 3.8) is 0 Å². The standard InChI is InChI=1S/C27H20IN3O5/c1-3-34-23-13-17(12-20(28)25(23)35-16(2)32)15-29-31-26(24-14-18-8-4-7-11-22(18)36-24)30-21-10-6-5-9-19(21)27(31)33/h4-15H,3H2,1-2H3. The Labute approximate surface area is 219 Å². The van der Waals surface area contributed by atoms with Crippen LogP contribution in [0.15, 0.2) is 81.0 Å². The second-order valence-electron chi connectivity index (χ2n) is 7.82. The molecule has 3 aromatic carbocycles. The van der Waals surface area contributed by atoms with Crippen molar-refractivity contribution in [3.05, 3.63) is 86.2 Å². The molecule has 0 aliphatic carbocycles. The van der Waals surface area contributed by atoms with E-state index in [1.807, 2.05) is 43.3 Å². The largest absolute Gasteiger partial charge is 0.490 e. The quantitative estimate of drug-likeness (QED) is 0.110. The monoisotopic (exact) mass is 593 g/mol. The first-order chi connectivity index (χ1) is 17.4. The maximum Gasteiger partial charge on any atom is 0.308 e. The van der Waals surface area contributed by atoms with Crippen molar-refractivity contribution in [1.29, 1.82) is 0 Å². The summed E-state index contributed by atoms with van der Waals surface area (Å²) in [6.07, 6.45) is 1.53. The fourth-order valence-electron chi connectivity index (χ4n) is 3.77. The van der Waals surface area contributed by atoms with Crippen LogP contribution in [0.1, 0.15) is 19.4 Å². The third-order valence-electron chi connectivity index (χ3n) is 5.30. The van der Waals surface area contributed by atoms with Crippen molar-refractivity contribution in [2.45, 2.75) is 13.8 Å². The van der Waals surface area contributed by atoms with Crippen LogP contribution in [0.2, 0.25) is 0 Å². The van der Waals surface area contributed by atoms with E-state index in [4.69, 9.17) is 18.9 Å². The number of halogens is 1. The Morgan fingerprint density at radius 3 is 2.69 bits per heavy atom. The number of fused-ring (bicyclic) bond motifs is 2. The minimum atomic E-state index is -0.445. The smallest absolute Gasteiger partial charge is 0.308 e. The summed E-state index contributed by atoms with van der Waals surface area (Å²) in [4.78, 5) is 29.7. The second kappa shape index (κ2) is 9.94. The van der Waals surface area contributed by atoms with Crippen molar-refractivity contribution < 1.29 is 18.7 Å². The van der Waals surface area contributed by atoms with E-state index in [-0.39, 0.29) is 11.4 Å². The first-order valence-electron chi connectivity index (χ1n) is 11.1. The number of benzene rings is 3. The highest BCUT2D eigenvalue weighted by atomic mass is 127. The third kappa shape index (κ3) is 4.61. The molecule has 5 aromatic rings. The van der Waals surface area contributed by atoms with Gasteiger partial charge in [-0.15, -0.1) is 0 Å². The Bertz CT molecular complexity index is 1670. The number of furan rings is 1. The van der Waals surface area contributed by atoms with E-state index in [0.29, 0.717) is 49.5 Å². The Hall–Kier alpha value is -3.99. The Morgan fingerprint density at radius 2 is 1.92 bits per heavy atom. The molecule has 0 saturated heterocycles. The molecular weight excluding hydrogens is 573 g/mol. The van der Waals surface area contributed by atoms with Gasteiger partial charge in [0.15, 0.2) is 17.3 Å². The van der Waals surface area contributed by atoms with Gasteiger partial charge in [0.2, 0.25) is 5.82 Å². The zero-order valence-electron chi connectivity index (χ0n) is 19.4. The SMILES string of the molecule is CCOc1cc(C=Nn2c(-c3cc4ccccc4o3)nc3ccccc3c2=O)cc(I)c1OC(C)=O. The second-order valence-corrected chi connectivity index (χ2v) is 8.98. The average molecular weight is 593 g/mol. The summed E-state index contributed by atoms with van der Waals surface area (Å²) in [5.74, 6) is 1.00. The van der Waals surface area contributed by atoms with Crippen molar-refractivity contribution >= 4 is 56.6 Å². The van der Waals surface area contributed by atoms with Crippen LogP contribution in [0.3, 0.4) is 0 Å². The van der Waals surface area contributed by atoms with Gasteiger partial charge in [0.05, 0.1) is 27.3 Å². The van der Waals surface area contributed by atoms with Gasteiger partial charge in [-0.25, -0.2) is 4.98 Å². The maximum absolute atomic E-state index is 13.5. The number of carbonyl (C=O) groups is 1. The summed E-state index contributed by atoms with van der Waals surface area (Å²) in [7, 11) is 0. The van der Waals surface area contributed by atoms with Gasteiger partial charge in [-0.2, -0.15) is 9.78 Å². The molecule has 5 rings (SSSR count). The molecule has 0 bridgehead atoms. The van der Waals surface area contributed by atoms with E-state index in [0.717, 1.165) is 5.39 Å². The van der Waals surface area contributed by atoms with Crippen molar-refractivity contribution in [2.24, 2.45) is 5.10 Å². The molecule has 0 unspecified atom stereocenters. The van der Waals surface area contributed by atoms with Crippen molar-refractivity contribution in [3.8, 4) is 23.1 Å². The van der Waals surface area contributed by atoms with E-state index >= 15 is 0 Å². The number of carbonyl (C=O) groups excluding carboxylic acids is 1. The number of hydrogen-bond acceptors (Lipinski definition) is 7. The minimum absolute atomic E-state index is 0.280. The van der Waals surface area contributed by atoms with Crippen LogP contribution < -0.4 is 15.0 Å². The molecule has 0 aliphatic rings. The lowest BCUT2D eigenvalue weighted by Crippen LogP contribution is -2.20.